The lowest BCUT2D eigenvalue weighted by atomic mass is 9.73. The molecule has 2 aromatic rings. The van der Waals surface area contributed by atoms with Gasteiger partial charge >= 0.3 is 0 Å². The van der Waals surface area contributed by atoms with Crippen LogP contribution in [0.2, 0.25) is 0 Å². The lowest BCUT2D eigenvalue weighted by Crippen LogP contribution is -2.53. The number of hydrogen-bond acceptors (Lipinski definition) is 4. The van der Waals surface area contributed by atoms with Crippen molar-refractivity contribution in [2.24, 2.45) is 0 Å². The molecular weight excluding hydrogens is 414 g/mol. The zero-order valence-corrected chi connectivity index (χ0v) is 19.5. The molecule has 2 saturated heterocycles. The number of nitrogens with zero attached hydrogens (tertiary/aromatic N) is 1. The molecular formula is C27H35N3O3. The first kappa shape index (κ1) is 23.3. The van der Waals surface area contributed by atoms with E-state index in [0.717, 1.165) is 36.4 Å². The van der Waals surface area contributed by atoms with E-state index in [1.807, 2.05) is 55.5 Å². The first-order valence-electron chi connectivity index (χ1n) is 12.2. The summed E-state index contributed by atoms with van der Waals surface area (Å²) in [5.74, 6) is -0.254. The van der Waals surface area contributed by atoms with Crippen molar-refractivity contribution in [1.82, 2.24) is 5.32 Å². The van der Waals surface area contributed by atoms with E-state index in [9.17, 15) is 9.59 Å². The average Bonchev–Trinajstić information content (AvgIpc) is 3.40. The SMILES string of the molecule is CCCC(NC(=O)C1(c2ccccc2)CCOCC1)C(=O)Nc1cccc(N2CCCC2)c1. The summed E-state index contributed by atoms with van der Waals surface area (Å²) in [7, 11) is 0. The molecule has 2 heterocycles. The molecule has 176 valence electrons. The van der Waals surface area contributed by atoms with Crippen LogP contribution in [0.15, 0.2) is 54.6 Å². The van der Waals surface area contributed by atoms with Gasteiger partial charge in [0.15, 0.2) is 0 Å². The molecule has 0 aliphatic carbocycles. The minimum atomic E-state index is -0.665. The van der Waals surface area contributed by atoms with Gasteiger partial charge in [0.1, 0.15) is 6.04 Å². The maximum Gasteiger partial charge on any atom is 0.246 e. The highest BCUT2D eigenvalue weighted by Gasteiger charge is 2.42. The fraction of sp³-hybridized carbons (Fsp3) is 0.481. The smallest absolute Gasteiger partial charge is 0.246 e. The molecule has 1 unspecified atom stereocenters. The molecule has 0 aromatic heterocycles. The average molecular weight is 450 g/mol. The zero-order valence-electron chi connectivity index (χ0n) is 19.5. The van der Waals surface area contributed by atoms with Crippen LogP contribution in [0.1, 0.15) is 51.0 Å². The minimum Gasteiger partial charge on any atom is -0.381 e. The lowest BCUT2D eigenvalue weighted by Gasteiger charge is -2.37. The molecule has 1 atom stereocenters. The lowest BCUT2D eigenvalue weighted by molar-refractivity contribution is -0.133. The molecule has 0 saturated carbocycles. The van der Waals surface area contributed by atoms with Gasteiger partial charge in [0.05, 0.1) is 5.41 Å². The monoisotopic (exact) mass is 449 g/mol. The van der Waals surface area contributed by atoms with Crippen LogP contribution in [0.4, 0.5) is 11.4 Å². The number of nitrogens with one attached hydrogen (secondary N) is 2. The Morgan fingerprint density at radius 3 is 2.45 bits per heavy atom. The first-order valence-corrected chi connectivity index (χ1v) is 12.2. The Morgan fingerprint density at radius 2 is 1.76 bits per heavy atom. The Kier molecular flexibility index (Phi) is 7.65. The number of carbonyl (C=O) groups excluding carboxylic acids is 2. The molecule has 2 N–H and O–H groups in total. The van der Waals surface area contributed by atoms with Crippen LogP contribution in [0.5, 0.6) is 0 Å². The van der Waals surface area contributed by atoms with Gasteiger partial charge in [0, 0.05) is 37.7 Å². The van der Waals surface area contributed by atoms with Gasteiger partial charge in [-0.2, -0.15) is 0 Å². The van der Waals surface area contributed by atoms with Gasteiger partial charge in [-0.15, -0.1) is 0 Å². The molecule has 6 nitrogen and oxygen atoms in total. The highest BCUT2D eigenvalue weighted by atomic mass is 16.5. The Bertz CT molecular complexity index is 935. The summed E-state index contributed by atoms with van der Waals surface area (Å²) in [5.41, 5.74) is 2.22. The Morgan fingerprint density at radius 1 is 1.03 bits per heavy atom. The Labute approximate surface area is 196 Å². The summed E-state index contributed by atoms with van der Waals surface area (Å²) in [5, 5.41) is 6.15. The third-order valence-corrected chi connectivity index (χ3v) is 6.89. The summed E-state index contributed by atoms with van der Waals surface area (Å²) in [6.45, 7) is 5.21. The molecule has 4 rings (SSSR count). The number of hydrogen-bond donors (Lipinski definition) is 2. The van der Waals surface area contributed by atoms with E-state index in [-0.39, 0.29) is 11.8 Å². The van der Waals surface area contributed by atoms with E-state index in [1.54, 1.807) is 0 Å². The molecule has 0 radical (unpaired) electrons. The number of benzene rings is 2. The van der Waals surface area contributed by atoms with Gasteiger partial charge in [0.25, 0.3) is 0 Å². The number of ether oxygens (including phenoxy) is 1. The van der Waals surface area contributed by atoms with Crippen molar-refractivity contribution >= 4 is 23.2 Å². The third-order valence-electron chi connectivity index (χ3n) is 6.89. The fourth-order valence-electron chi connectivity index (χ4n) is 4.96. The van der Waals surface area contributed by atoms with Crippen molar-refractivity contribution < 1.29 is 14.3 Å². The standard InChI is InChI=1S/C27H35N3O3/c1-2-9-24(25(31)28-22-12-8-13-23(20-22)30-16-6-7-17-30)29-26(32)27(14-18-33-19-15-27)21-10-4-3-5-11-21/h3-5,8,10-13,20,24H,2,6-7,9,14-19H2,1H3,(H,28,31)(H,29,32). The summed E-state index contributed by atoms with van der Waals surface area (Å²) >= 11 is 0. The molecule has 6 heteroatoms. The van der Waals surface area contributed by atoms with E-state index in [4.69, 9.17) is 4.74 Å². The predicted octanol–water partition coefficient (Wildman–Crippen LogP) is 4.26. The van der Waals surface area contributed by atoms with Crippen LogP contribution >= 0.6 is 0 Å². The van der Waals surface area contributed by atoms with E-state index in [2.05, 4.69) is 21.6 Å². The van der Waals surface area contributed by atoms with Crippen molar-refractivity contribution in [3.8, 4) is 0 Å². The number of carbonyl (C=O) groups is 2. The maximum absolute atomic E-state index is 13.6. The topological polar surface area (TPSA) is 70.7 Å². The fourth-order valence-corrected chi connectivity index (χ4v) is 4.96. The second-order valence-corrected chi connectivity index (χ2v) is 9.11. The Hall–Kier alpha value is -2.86. The van der Waals surface area contributed by atoms with E-state index >= 15 is 0 Å². The molecule has 2 aliphatic rings. The maximum atomic E-state index is 13.6. The van der Waals surface area contributed by atoms with Crippen molar-refractivity contribution in [3.05, 3.63) is 60.2 Å². The molecule has 0 bridgehead atoms. The third kappa shape index (κ3) is 5.38. The van der Waals surface area contributed by atoms with Gasteiger partial charge < -0.3 is 20.3 Å². The van der Waals surface area contributed by atoms with Gasteiger partial charge in [0.2, 0.25) is 11.8 Å². The van der Waals surface area contributed by atoms with Crippen molar-refractivity contribution in [2.75, 3.05) is 36.5 Å². The van der Waals surface area contributed by atoms with Crippen molar-refractivity contribution in [1.29, 1.82) is 0 Å². The normalized spacial score (nSPS) is 18.5. The molecule has 0 spiro atoms. The molecule has 33 heavy (non-hydrogen) atoms. The number of amides is 2. The molecule has 2 aromatic carbocycles. The van der Waals surface area contributed by atoms with Crippen LogP contribution in [0, 0.1) is 0 Å². The van der Waals surface area contributed by atoms with Crippen LogP contribution in [-0.4, -0.2) is 44.2 Å². The minimum absolute atomic E-state index is 0.0867. The molecule has 2 amide bonds. The predicted molar refractivity (Wildman–Crippen MR) is 132 cm³/mol. The van der Waals surface area contributed by atoms with E-state index in [0.29, 0.717) is 32.5 Å². The van der Waals surface area contributed by atoms with E-state index in [1.165, 1.54) is 12.8 Å². The van der Waals surface area contributed by atoms with Gasteiger partial charge in [-0.05, 0) is 55.9 Å². The zero-order chi connectivity index (χ0) is 23.1. The van der Waals surface area contributed by atoms with Crippen LogP contribution in [0.25, 0.3) is 0 Å². The van der Waals surface area contributed by atoms with Gasteiger partial charge in [-0.25, -0.2) is 0 Å². The van der Waals surface area contributed by atoms with Gasteiger partial charge in [-0.3, -0.25) is 9.59 Å². The number of anilines is 2. The second-order valence-electron chi connectivity index (χ2n) is 9.11. The largest absolute Gasteiger partial charge is 0.381 e. The van der Waals surface area contributed by atoms with Gasteiger partial charge in [-0.1, -0.05) is 49.7 Å². The number of rotatable bonds is 8. The highest BCUT2D eigenvalue weighted by molar-refractivity contribution is 5.99. The van der Waals surface area contributed by atoms with Crippen LogP contribution < -0.4 is 15.5 Å². The Balaban J connectivity index is 1.49. The first-order chi connectivity index (χ1) is 16.1. The van der Waals surface area contributed by atoms with Crippen LogP contribution in [-0.2, 0) is 19.7 Å². The summed E-state index contributed by atoms with van der Waals surface area (Å²) in [6.07, 6.45) is 5.02. The van der Waals surface area contributed by atoms with Crippen molar-refractivity contribution in [2.45, 2.75) is 56.9 Å². The summed E-state index contributed by atoms with van der Waals surface area (Å²) < 4.78 is 5.57. The van der Waals surface area contributed by atoms with E-state index < -0.39 is 11.5 Å². The van der Waals surface area contributed by atoms with Crippen LogP contribution in [0.3, 0.4) is 0 Å². The molecule has 2 fully saturated rings. The quantitative estimate of drug-likeness (QED) is 0.632. The molecule has 2 aliphatic heterocycles. The summed E-state index contributed by atoms with van der Waals surface area (Å²) in [4.78, 5) is 29.2. The summed E-state index contributed by atoms with van der Waals surface area (Å²) in [6, 6.07) is 17.3. The van der Waals surface area contributed by atoms with Crippen molar-refractivity contribution in [3.63, 3.8) is 0 Å². The second kappa shape index (κ2) is 10.8. The highest BCUT2D eigenvalue weighted by Crippen LogP contribution is 2.35.